The first-order chi connectivity index (χ1) is 10.1. The number of piperidine rings is 1. The molecule has 0 radical (unpaired) electrons. The number of ether oxygens (including phenoxy) is 1. The monoisotopic (exact) mass is 334 g/mol. The predicted octanol–water partition coefficient (Wildman–Crippen LogP) is 2.28. The van der Waals surface area contributed by atoms with E-state index < -0.39 is 0 Å². The van der Waals surface area contributed by atoms with Crippen LogP contribution in [0.4, 0.5) is 0 Å². The second-order valence-electron chi connectivity index (χ2n) is 6.01. The van der Waals surface area contributed by atoms with Gasteiger partial charge < -0.3 is 15.4 Å². The summed E-state index contributed by atoms with van der Waals surface area (Å²) >= 11 is 0. The Hall–Kier alpha value is -0.810. The number of unbranched alkanes of at least 4 members (excludes halogenated alkanes) is 2. The summed E-state index contributed by atoms with van der Waals surface area (Å²) < 4.78 is 4.58. The second-order valence-corrected chi connectivity index (χ2v) is 6.01. The Labute approximate surface area is 140 Å². The van der Waals surface area contributed by atoms with Gasteiger partial charge in [0.05, 0.1) is 7.11 Å². The van der Waals surface area contributed by atoms with Gasteiger partial charge in [0.1, 0.15) is 0 Å². The average molecular weight is 335 g/mol. The van der Waals surface area contributed by atoms with Crippen molar-refractivity contribution in [3.8, 4) is 0 Å². The molecular formula is C16H31ClN2O3. The van der Waals surface area contributed by atoms with Gasteiger partial charge in [-0.3, -0.25) is 9.59 Å². The van der Waals surface area contributed by atoms with Gasteiger partial charge in [0.2, 0.25) is 5.91 Å². The van der Waals surface area contributed by atoms with E-state index in [1.54, 1.807) is 0 Å². The molecule has 5 nitrogen and oxygen atoms in total. The first-order valence-corrected chi connectivity index (χ1v) is 8.17. The molecule has 0 aliphatic carbocycles. The summed E-state index contributed by atoms with van der Waals surface area (Å²) in [6, 6.07) is 0. The van der Waals surface area contributed by atoms with Crippen LogP contribution in [0.1, 0.15) is 51.9 Å². The molecule has 130 valence electrons. The van der Waals surface area contributed by atoms with Crippen LogP contribution in [0.3, 0.4) is 0 Å². The predicted molar refractivity (Wildman–Crippen MR) is 90.1 cm³/mol. The fourth-order valence-electron chi connectivity index (χ4n) is 2.85. The minimum absolute atomic E-state index is 0. The summed E-state index contributed by atoms with van der Waals surface area (Å²) in [6.45, 7) is 5.05. The molecule has 1 aliphatic rings. The van der Waals surface area contributed by atoms with E-state index in [1.807, 2.05) is 0 Å². The Kier molecular flexibility index (Phi) is 12.2. The lowest BCUT2D eigenvalue weighted by molar-refractivity contribution is -0.140. The SMILES string of the molecule is COC(=O)CCCCCNC(=O)CC(C)C1CCNCC1.Cl. The van der Waals surface area contributed by atoms with Crippen molar-refractivity contribution in [1.82, 2.24) is 10.6 Å². The lowest BCUT2D eigenvalue weighted by Crippen LogP contribution is -2.33. The van der Waals surface area contributed by atoms with Crippen LogP contribution >= 0.6 is 12.4 Å². The molecule has 0 aromatic heterocycles. The molecule has 1 saturated heterocycles. The van der Waals surface area contributed by atoms with Crippen LogP contribution in [0.15, 0.2) is 0 Å². The summed E-state index contributed by atoms with van der Waals surface area (Å²) in [5, 5.41) is 6.34. The highest BCUT2D eigenvalue weighted by Gasteiger charge is 2.21. The van der Waals surface area contributed by atoms with Crippen LogP contribution in [-0.4, -0.2) is 38.6 Å². The van der Waals surface area contributed by atoms with Gasteiger partial charge in [0.15, 0.2) is 0 Å². The topological polar surface area (TPSA) is 67.4 Å². The number of carbonyl (C=O) groups excluding carboxylic acids is 2. The number of rotatable bonds is 9. The van der Waals surface area contributed by atoms with Gasteiger partial charge in [-0.25, -0.2) is 0 Å². The number of hydrogen-bond acceptors (Lipinski definition) is 4. The van der Waals surface area contributed by atoms with Gasteiger partial charge in [0, 0.05) is 19.4 Å². The van der Waals surface area contributed by atoms with E-state index in [4.69, 9.17) is 0 Å². The highest BCUT2D eigenvalue weighted by molar-refractivity contribution is 5.85. The molecule has 0 aromatic rings. The lowest BCUT2D eigenvalue weighted by Gasteiger charge is -2.27. The van der Waals surface area contributed by atoms with Crippen LogP contribution in [0, 0.1) is 11.8 Å². The zero-order valence-electron chi connectivity index (χ0n) is 13.9. The number of amides is 1. The third-order valence-electron chi connectivity index (χ3n) is 4.30. The molecule has 1 fully saturated rings. The van der Waals surface area contributed by atoms with Gasteiger partial charge in [-0.2, -0.15) is 0 Å². The van der Waals surface area contributed by atoms with Gasteiger partial charge >= 0.3 is 5.97 Å². The van der Waals surface area contributed by atoms with Crippen molar-refractivity contribution in [2.75, 3.05) is 26.7 Å². The first-order valence-electron chi connectivity index (χ1n) is 8.17. The molecule has 1 amide bonds. The smallest absolute Gasteiger partial charge is 0.305 e. The maximum Gasteiger partial charge on any atom is 0.305 e. The van der Waals surface area contributed by atoms with Gasteiger partial charge in [-0.05, 0) is 50.6 Å². The van der Waals surface area contributed by atoms with Crippen LogP contribution in [-0.2, 0) is 14.3 Å². The maximum atomic E-state index is 11.9. The van der Waals surface area contributed by atoms with E-state index in [9.17, 15) is 9.59 Å². The largest absolute Gasteiger partial charge is 0.469 e. The Balaban J connectivity index is 0.00000441. The molecule has 1 rings (SSSR count). The van der Waals surface area contributed by atoms with E-state index >= 15 is 0 Å². The molecule has 1 atom stereocenters. The van der Waals surface area contributed by atoms with E-state index in [0.29, 0.717) is 31.2 Å². The zero-order valence-corrected chi connectivity index (χ0v) is 14.7. The van der Waals surface area contributed by atoms with E-state index in [1.165, 1.54) is 20.0 Å². The van der Waals surface area contributed by atoms with E-state index in [2.05, 4.69) is 22.3 Å². The first kappa shape index (κ1) is 21.2. The molecule has 0 spiro atoms. The van der Waals surface area contributed by atoms with E-state index in [0.717, 1.165) is 32.4 Å². The van der Waals surface area contributed by atoms with E-state index in [-0.39, 0.29) is 24.3 Å². The third kappa shape index (κ3) is 9.26. The summed E-state index contributed by atoms with van der Waals surface area (Å²) in [5.41, 5.74) is 0. The molecule has 22 heavy (non-hydrogen) atoms. The molecule has 1 aliphatic heterocycles. The molecule has 6 heteroatoms. The second kappa shape index (κ2) is 12.7. The highest BCUT2D eigenvalue weighted by atomic mass is 35.5. The molecule has 0 aromatic carbocycles. The number of nitrogens with one attached hydrogen (secondary N) is 2. The maximum absolute atomic E-state index is 11.9. The number of carbonyl (C=O) groups is 2. The molecule has 2 N–H and O–H groups in total. The van der Waals surface area contributed by atoms with Crippen LogP contribution in [0.2, 0.25) is 0 Å². The molecule has 0 bridgehead atoms. The van der Waals surface area contributed by atoms with Crippen molar-refractivity contribution in [2.45, 2.75) is 51.9 Å². The van der Waals surface area contributed by atoms with Gasteiger partial charge in [-0.15, -0.1) is 12.4 Å². The van der Waals surface area contributed by atoms with Crippen LogP contribution < -0.4 is 10.6 Å². The Morgan fingerprint density at radius 1 is 1.23 bits per heavy atom. The summed E-state index contributed by atoms with van der Waals surface area (Å²) in [4.78, 5) is 22.8. The number of halogens is 1. The standard InChI is InChI=1S/C16H30N2O3.ClH/c1-13(14-7-10-17-11-8-14)12-15(19)18-9-5-3-4-6-16(20)21-2;/h13-14,17H,3-12H2,1-2H3,(H,18,19);1H. The number of methoxy groups -OCH3 is 1. The van der Waals surface area contributed by atoms with Crippen molar-refractivity contribution in [3.05, 3.63) is 0 Å². The minimum Gasteiger partial charge on any atom is -0.469 e. The average Bonchev–Trinajstić information content (AvgIpc) is 2.51. The quantitative estimate of drug-likeness (QED) is 0.501. The minimum atomic E-state index is -0.158. The van der Waals surface area contributed by atoms with Crippen LogP contribution in [0.25, 0.3) is 0 Å². The Morgan fingerprint density at radius 2 is 1.91 bits per heavy atom. The van der Waals surface area contributed by atoms with Crippen molar-refractivity contribution in [2.24, 2.45) is 11.8 Å². The molecule has 0 saturated carbocycles. The Morgan fingerprint density at radius 3 is 2.55 bits per heavy atom. The fourth-order valence-corrected chi connectivity index (χ4v) is 2.85. The molecule has 1 unspecified atom stereocenters. The zero-order chi connectivity index (χ0) is 15.5. The van der Waals surface area contributed by atoms with Gasteiger partial charge in [-0.1, -0.05) is 13.3 Å². The van der Waals surface area contributed by atoms with Crippen LogP contribution in [0.5, 0.6) is 0 Å². The molecular weight excluding hydrogens is 304 g/mol. The summed E-state index contributed by atoms with van der Waals surface area (Å²) in [6.07, 6.45) is 6.16. The Bertz CT molecular complexity index is 321. The van der Waals surface area contributed by atoms with Crippen molar-refractivity contribution in [1.29, 1.82) is 0 Å². The summed E-state index contributed by atoms with van der Waals surface area (Å²) in [5.74, 6) is 1.15. The number of hydrogen-bond donors (Lipinski definition) is 2. The highest BCUT2D eigenvalue weighted by Crippen LogP contribution is 2.24. The summed E-state index contributed by atoms with van der Waals surface area (Å²) in [7, 11) is 1.41. The van der Waals surface area contributed by atoms with Gasteiger partial charge in [0.25, 0.3) is 0 Å². The fraction of sp³-hybridized carbons (Fsp3) is 0.875. The number of esters is 1. The normalized spacial score (nSPS) is 16.5. The van der Waals surface area contributed by atoms with Crippen molar-refractivity contribution >= 4 is 24.3 Å². The lowest BCUT2D eigenvalue weighted by atomic mass is 9.84. The van der Waals surface area contributed by atoms with Crippen molar-refractivity contribution < 1.29 is 14.3 Å². The molecule has 1 heterocycles. The van der Waals surface area contributed by atoms with Crippen molar-refractivity contribution in [3.63, 3.8) is 0 Å². The third-order valence-corrected chi connectivity index (χ3v) is 4.30.